The Balaban J connectivity index is 0.00000480. The van der Waals surface area contributed by atoms with Gasteiger partial charge < -0.3 is 25.0 Å². The Morgan fingerprint density at radius 3 is 2.32 bits per heavy atom. The zero-order chi connectivity index (χ0) is 21.9. The van der Waals surface area contributed by atoms with E-state index in [0.29, 0.717) is 18.7 Å². The van der Waals surface area contributed by atoms with Crippen LogP contribution in [0.3, 0.4) is 0 Å². The van der Waals surface area contributed by atoms with Crippen LogP contribution in [0.15, 0.2) is 47.5 Å². The lowest BCUT2D eigenvalue weighted by molar-refractivity contribution is 0.0827. The van der Waals surface area contributed by atoms with Crippen molar-refractivity contribution in [3.05, 3.63) is 59.2 Å². The van der Waals surface area contributed by atoms with Crippen LogP contribution in [-0.2, 0) is 13.0 Å². The maximum Gasteiger partial charge on any atom is 0.253 e. The lowest BCUT2D eigenvalue weighted by atomic mass is 10.1. The summed E-state index contributed by atoms with van der Waals surface area (Å²) in [6.07, 6.45) is 0.770. The van der Waals surface area contributed by atoms with E-state index in [9.17, 15) is 4.79 Å². The summed E-state index contributed by atoms with van der Waals surface area (Å²) in [4.78, 5) is 18.2. The summed E-state index contributed by atoms with van der Waals surface area (Å²) < 4.78 is 10.7. The first-order valence-corrected chi connectivity index (χ1v) is 10.0. The molecule has 2 aromatic rings. The number of nitrogens with zero attached hydrogens (tertiary/aromatic N) is 2. The lowest BCUT2D eigenvalue weighted by Crippen LogP contribution is -2.38. The second-order valence-corrected chi connectivity index (χ2v) is 6.95. The number of hydrogen-bond acceptors (Lipinski definition) is 4. The maximum absolute atomic E-state index is 12.0. The van der Waals surface area contributed by atoms with E-state index in [1.54, 1.807) is 33.2 Å². The van der Waals surface area contributed by atoms with Gasteiger partial charge in [0.2, 0.25) is 0 Å². The molecule has 7 nitrogen and oxygen atoms in total. The number of hydrogen-bond donors (Lipinski definition) is 2. The molecule has 31 heavy (non-hydrogen) atoms. The molecule has 8 heteroatoms. The predicted octanol–water partition coefficient (Wildman–Crippen LogP) is 3.32. The van der Waals surface area contributed by atoms with Gasteiger partial charge in [0.15, 0.2) is 5.96 Å². The molecule has 0 spiro atoms. The Morgan fingerprint density at radius 1 is 1.03 bits per heavy atom. The van der Waals surface area contributed by atoms with E-state index >= 15 is 0 Å². The van der Waals surface area contributed by atoms with E-state index in [2.05, 4.69) is 15.6 Å². The molecule has 170 valence electrons. The zero-order valence-corrected chi connectivity index (χ0v) is 21.2. The van der Waals surface area contributed by atoms with E-state index in [4.69, 9.17) is 9.47 Å². The third-order valence-corrected chi connectivity index (χ3v) is 4.55. The minimum atomic E-state index is -0.00646. The summed E-state index contributed by atoms with van der Waals surface area (Å²) in [6, 6.07) is 13.3. The molecule has 0 aromatic heterocycles. The molecule has 1 amide bonds. The number of carbonyl (C=O) groups excluding carboxylic acids is 1. The normalized spacial score (nSPS) is 10.7. The molecule has 0 saturated carbocycles. The largest absolute Gasteiger partial charge is 0.497 e. The molecule has 0 aliphatic carbocycles. The van der Waals surface area contributed by atoms with Crippen molar-refractivity contribution >= 4 is 35.8 Å². The number of carbonyl (C=O) groups is 1. The SMILES string of the molecule is CCNC(=NCc1ccc(C(=O)N(C)C)cc1)NCCc1cc(OC)ccc1OC.I. The number of amides is 1. The van der Waals surface area contributed by atoms with Gasteiger partial charge in [0, 0.05) is 32.7 Å². The van der Waals surface area contributed by atoms with Gasteiger partial charge in [-0.2, -0.15) is 0 Å². The summed E-state index contributed by atoms with van der Waals surface area (Å²) in [7, 11) is 6.82. The van der Waals surface area contributed by atoms with Gasteiger partial charge in [-0.15, -0.1) is 24.0 Å². The summed E-state index contributed by atoms with van der Waals surface area (Å²) in [5.74, 6) is 2.38. The number of aliphatic imine (C=N–C) groups is 1. The monoisotopic (exact) mass is 540 g/mol. The molecule has 2 rings (SSSR count). The molecule has 0 heterocycles. The number of rotatable bonds is 9. The van der Waals surface area contributed by atoms with Crippen molar-refractivity contribution < 1.29 is 14.3 Å². The number of ether oxygens (including phenoxy) is 2. The molecule has 0 saturated heterocycles. The summed E-state index contributed by atoms with van der Waals surface area (Å²) in [5, 5.41) is 6.61. The Morgan fingerprint density at radius 2 is 1.74 bits per heavy atom. The van der Waals surface area contributed by atoms with Crippen LogP contribution in [0, 0.1) is 0 Å². The highest BCUT2D eigenvalue weighted by atomic mass is 127. The second-order valence-electron chi connectivity index (χ2n) is 6.95. The number of halogens is 1. The van der Waals surface area contributed by atoms with Crippen molar-refractivity contribution in [3.63, 3.8) is 0 Å². The molecule has 0 fully saturated rings. The number of nitrogens with one attached hydrogen (secondary N) is 2. The van der Waals surface area contributed by atoms with E-state index in [1.807, 2.05) is 49.4 Å². The third-order valence-electron chi connectivity index (χ3n) is 4.55. The van der Waals surface area contributed by atoms with Crippen molar-refractivity contribution in [2.75, 3.05) is 41.4 Å². The quantitative estimate of drug-likeness (QED) is 0.290. The first-order chi connectivity index (χ1) is 14.5. The average molecular weight is 540 g/mol. The van der Waals surface area contributed by atoms with Crippen molar-refractivity contribution in [1.29, 1.82) is 0 Å². The van der Waals surface area contributed by atoms with Gasteiger partial charge in [0.05, 0.1) is 20.8 Å². The molecule has 2 aromatic carbocycles. The van der Waals surface area contributed by atoms with Gasteiger partial charge in [0.1, 0.15) is 11.5 Å². The minimum Gasteiger partial charge on any atom is -0.497 e. The van der Waals surface area contributed by atoms with Crippen LogP contribution in [0.1, 0.15) is 28.4 Å². The molecule has 0 bridgehead atoms. The molecule has 2 N–H and O–H groups in total. The Labute approximate surface area is 202 Å². The summed E-state index contributed by atoms with van der Waals surface area (Å²) in [5.41, 5.74) is 2.78. The van der Waals surface area contributed by atoms with Crippen LogP contribution in [0.5, 0.6) is 11.5 Å². The van der Waals surface area contributed by atoms with Gasteiger partial charge in [-0.25, -0.2) is 4.99 Å². The molecule has 0 aliphatic rings. The van der Waals surface area contributed by atoms with Gasteiger partial charge in [-0.3, -0.25) is 4.79 Å². The van der Waals surface area contributed by atoms with Crippen molar-refractivity contribution in [3.8, 4) is 11.5 Å². The highest BCUT2D eigenvalue weighted by Gasteiger charge is 2.08. The summed E-state index contributed by atoms with van der Waals surface area (Å²) in [6.45, 7) is 4.02. The van der Waals surface area contributed by atoms with Crippen LogP contribution in [-0.4, -0.2) is 58.2 Å². The van der Waals surface area contributed by atoms with E-state index < -0.39 is 0 Å². The minimum absolute atomic E-state index is 0. The van der Waals surface area contributed by atoms with Crippen molar-refractivity contribution in [2.24, 2.45) is 4.99 Å². The first kappa shape index (κ1) is 26.5. The molecule has 0 radical (unpaired) electrons. The number of benzene rings is 2. The van der Waals surface area contributed by atoms with Crippen molar-refractivity contribution in [2.45, 2.75) is 19.9 Å². The fourth-order valence-corrected chi connectivity index (χ4v) is 2.92. The predicted molar refractivity (Wildman–Crippen MR) is 136 cm³/mol. The molecule has 0 atom stereocenters. The Kier molecular flexibility index (Phi) is 11.8. The fourth-order valence-electron chi connectivity index (χ4n) is 2.92. The molecular formula is C23H33IN4O3. The van der Waals surface area contributed by atoms with E-state index in [-0.39, 0.29) is 29.9 Å². The Bertz CT molecular complexity index is 854. The third kappa shape index (κ3) is 8.28. The van der Waals surface area contributed by atoms with Gasteiger partial charge >= 0.3 is 0 Å². The Hall–Kier alpha value is -2.49. The standard InChI is InChI=1S/C23H32N4O3.HI/c1-6-24-23(25-14-13-19-15-20(29-4)11-12-21(19)30-5)26-16-17-7-9-18(10-8-17)22(28)27(2)3;/h7-12,15H,6,13-14,16H2,1-5H3,(H2,24,25,26);1H. The van der Waals surface area contributed by atoms with Crippen LogP contribution in [0.25, 0.3) is 0 Å². The second kappa shape index (κ2) is 13.7. The average Bonchev–Trinajstić information content (AvgIpc) is 2.77. The number of guanidine groups is 1. The fraction of sp³-hybridized carbons (Fsp3) is 0.391. The van der Waals surface area contributed by atoms with Crippen molar-refractivity contribution in [1.82, 2.24) is 15.5 Å². The summed E-state index contributed by atoms with van der Waals surface area (Å²) >= 11 is 0. The van der Waals surface area contributed by atoms with E-state index in [0.717, 1.165) is 41.6 Å². The van der Waals surface area contributed by atoms with Crippen LogP contribution in [0.4, 0.5) is 0 Å². The van der Waals surface area contributed by atoms with Gasteiger partial charge in [-0.05, 0) is 54.8 Å². The van der Waals surface area contributed by atoms with Crippen LogP contribution in [0.2, 0.25) is 0 Å². The molecular weight excluding hydrogens is 507 g/mol. The van der Waals surface area contributed by atoms with Gasteiger partial charge in [-0.1, -0.05) is 12.1 Å². The van der Waals surface area contributed by atoms with Gasteiger partial charge in [0.25, 0.3) is 5.91 Å². The highest BCUT2D eigenvalue weighted by Crippen LogP contribution is 2.24. The zero-order valence-electron chi connectivity index (χ0n) is 18.9. The first-order valence-electron chi connectivity index (χ1n) is 10.0. The highest BCUT2D eigenvalue weighted by molar-refractivity contribution is 14.0. The van der Waals surface area contributed by atoms with E-state index in [1.165, 1.54) is 0 Å². The molecule has 0 aliphatic heterocycles. The van der Waals surface area contributed by atoms with Crippen LogP contribution < -0.4 is 20.1 Å². The smallest absolute Gasteiger partial charge is 0.253 e. The number of methoxy groups -OCH3 is 2. The topological polar surface area (TPSA) is 75.2 Å². The van der Waals surface area contributed by atoms with Crippen LogP contribution >= 0.6 is 24.0 Å². The lowest BCUT2D eigenvalue weighted by Gasteiger charge is -2.14. The maximum atomic E-state index is 12.0. The molecule has 0 unspecified atom stereocenters.